The van der Waals surface area contributed by atoms with E-state index in [4.69, 9.17) is 14.6 Å². The molecule has 0 aliphatic carbocycles. The second kappa shape index (κ2) is 10.1. The van der Waals surface area contributed by atoms with Gasteiger partial charge in [0.15, 0.2) is 11.3 Å². The zero-order chi connectivity index (χ0) is 24.4. The summed E-state index contributed by atoms with van der Waals surface area (Å²) in [7, 11) is 1.35. The van der Waals surface area contributed by atoms with Crippen LogP contribution in [0, 0.1) is 11.7 Å². The first-order valence-electron chi connectivity index (χ1n) is 11.9. The van der Waals surface area contributed by atoms with Crippen LogP contribution in [0.3, 0.4) is 0 Å². The molecule has 0 unspecified atom stereocenters. The molecule has 34 heavy (non-hydrogen) atoms. The van der Waals surface area contributed by atoms with Gasteiger partial charge in [-0.1, -0.05) is 27.7 Å². The largest absolute Gasteiger partial charge is 0.464 e. The van der Waals surface area contributed by atoms with Gasteiger partial charge in [0.2, 0.25) is 0 Å². The van der Waals surface area contributed by atoms with E-state index < -0.39 is 5.97 Å². The van der Waals surface area contributed by atoms with Crippen LogP contribution in [0.15, 0.2) is 30.3 Å². The first kappa shape index (κ1) is 24.1. The SMILES string of the molecule is COC(=O)c1cc(N2CCC(OCC(C)C)CC2)c2c(C(C)C)nn(-c3ccc(F)cc3)c2n1. The first-order chi connectivity index (χ1) is 16.3. The number of pyridine rings is 1. The van der Waals surface area contributed by atoms with Crippen molar-refractivity contribution in [2.24, 2.45) is 5.92 Å². The van der Waals surface area contributed by atoms with Gasteiger partial charge in [0, 0.05) is 19.7 Å². The second-order valence-electron chi connectivity index (χ2n) is 9.56. The Bertz CT molecular complexity index is 1150. The van der Waals surface area contributed by atoms with E-state index in [1.165, 1.54) is 19.2 Å². The number of methoxy groups -OCH3 is 1. The van der Waals surface area contributed by atoms with Gasteiger partial charge in [-0.15, -0.1) is 0 Å². The molecule has 1 aliphatic heterocycles. The van der Waals surface area contributed by atoms with E-state index in [1.807, 2.05) is 6.07 Å². The number of hydrogen-bond donors (Lipinski definition) is 0. The van der Waals surface area contributed by atoms with Crippen LogP contribution in [0.5, 0.6) is 0 Å². The minimum absolute atomic E-state index is 0.126. The minimum atomic E-state index is -0.503. The van der Waals surface area contributed by atoms with Gasteiger partial charge in [-0.05, 0) is 55.0 Å². The molecule has 7 nitrogen and oxygen atoms in total. The molecule has 8 heteroatoms. The Kier molecular flexibility index (Phi) is 7.16. The molecule has 0 saturated carbocycles. The number of fused-ring (bicyclic) bond motifs is 1. The monoisotopic (exact) mass is 468 g/mol. The van der Waals surface area contributed by atoms with Gasteiger partial charge in [-0.3, -0.25) is 0 Å². The first-order valence-corrected chi connectivity index (χ1v) is 11.9. The van der Waals surface area contributed by atoms with Crippen LogP contribution in [0.25, 0.3) is 16.7 Å². The molecule has 1 aromatic carbocycles. The molecule has 0 spiro atoms. The van der Waals surface area contributed by atoms with Crippen molar-refractivity contribution in [2.45, 2.75) is 52.6 Å². The highest BCUT2D eigenvalue weighted by Gasteiger charge is 2.28. The molecule has 1 fully saturated rings. The average molecular weight is 469 g/mol. The quantitative estimate of drug-likeness (QED) is 0.449. The Hall–Kier alpha value is -3.00. The minimum Gasteiger partial charge on any atom is -0.464 e. The molecule has 1 saturated heterocycles. The fraction of sp³-hybridized carbons (Fsp3) is 0.500. The Balaban J connectivity index is 1.81. The Morgan fingerprint density at radius 2 is 1.82 bits per heavy atom. The summed E-state index contributed by atoms with van der Waals surface area (Å²) >= 11 is 0. The Morgan fingerprint density at radius 3 is 2.41 bits per heavy atom. The van der Waals surface area contributed by atoms with E-state index in [-0.39, 0.29) is 23.5 Å². The van der Waals surface area contributed by atoms with E-state index >= 15 is 0 Å². The Labute approximate surface area is 199 Å². The average Bonchev–Trinajstić information content (AvgIpc) is 3.22. The molecule has 3 aromatic rings. The number of carbonyl (C=O) groups is 1. The zero-order valence-corrected chi connectivity index (χ0v) is 20.5. The standard InChI is InChI=1S/C26H33FN4O3/c1-16(2)15-34-20-10-12-30(13-11-20)22-14-21(26(32)33-5)28-25-23(22)24(17(3)4)29-31(25)19-8-6-18(27)7-9-19/h6-9,14,16-17,20H,10-13,15H2,1-5H3. The lowest BCUT2D eigenvalue weighted by molar-refractivity contribution is 0.0215. The number of piperidine rings is 1. The normalized spacial score (nSPS) is 15.0. The summed E-state index contributed by atoms with van der Waals surface area (Å²) in [6.45, 7) is 10.9. The molecule has 1 aliphatic rings. The highest BCUT2D eigenvalue weighted by molar-refractivity contribution is 5.99. The molecule has 0 N–H and O–H groups in total. The van der Waals surface area contributed by atoms with Crippen molar-refractivity contribution in [2.75, 3.05) is 31.7 Å². The predicted octanol–water partition coefficient (Wildman–Crippen LogP) is 5.11. The maximum absolute atomic E-state index is 13.6. The van der Waals surface area contributed by atoms with E-state index in [2.05, 4.69) is 37.6 Å². The van der Waals surface area contributed by atoms with Crippen molar-refractivity contribution in [3.63, 3.8) is 0 Å². The molecule has 0 atom stereocenters. The van der Waals surface area contributed by atoms with Crippen LogP contribution < -0.4 is 4.90 Å². The zero-order valence-electron chi connectivity index (χ0n) is 20.5. The predicted molar refractivity (Wildman–Crippen MR) is 130 cm³/mol. The molecule has 182 valence electrons. The van der Waals surface area contributed by atoms with Crippen molar-refractivity contribution in [1.29, 1.82) is 0 Å². The summed E-state index contributed by atoms with van der Waals surface area (Å²) < 4.78 is 26.3. The summed E-state index contributed by atoms with van der Waals surface area (Å²) in [5.41, 5.74) is 3.27. The number of aromatic nitrogens is 3. The fourth-order valence-corrected chi connectivity index (χ4v) is 4.34. The number of ether oxygens (including phenoxy) is 2. The lowest BCUT2D eigenvalue weighted by Gasteiger charge is -2.34. The van der Waals surface area contributed by atoms with Crippen LogP contribution in [0.1, 0.15) is 62.6 Å². The lowest BCUT2D eigenvalue weighted by atomic mass is 10.0. The smallest absolute Gasteiger partial charge is 0.356 e. The summed E-state index contributed by atoms with van der Waals surface area (Å²) in [5.74, 6) is -0.195. The molecule has 0 radical (unpaired) electrons. The number of rotatable bonds is 7. The maximum Gasteiger partial charge on any atom is 0.356 e. The van der Waals surface area contributed by atoms with Gasteiger partial charge in [0.05, 0.1) is 35.7 Å². The van der Waals surface area contributed by atoms with Gasteiger partial charge < -0.3 is 14.4 Å². The lowest BCUT2D eigenvalue weighted by Crippen LogP contribution is -2.37. The number of esters is 1. The summed E-state index contributed by atoms with van der Waals surface area (Å²) in [4.78, 5) is 19.5. The third-order valence-corrected chi connectivity index (χ3v) is 6.10. The van der Waals surface area contributed by atoms with Crippen LogP contribution in [-0.4, -0.2) is 53.6 Å². The molecule has 3 heterocycles. The van der Waals surface area contributed by atoms with Gasteiger partial charge >= 0.3 is 5.97 Å². The number of nitrogens with zero attached hydrogens (tertiary/aromatic N) is 4. The number of benzene rings is 1. The second-order valence-corrected chi connectivity index (χ2v) is 9.56. The van der Waals surface area contributed by atoms with Crippen molar-refractivity contribution in [3.05, 3.63) is 47.5 Å². The van der Waals surface area contributed by atoms with E-state index in [9.17, 15) is 9.18 Å². The topological polar surface area (TPSA) is 69.5 Å². The van der Waals surface area contributed by atoms with Crippen LogP contribution >= 0.6 is 0 Å². The number of halogens is 1. The fourth-order valence-electron chi connectivity index (χ4n) is 4.34. The summed E-state index contributed by atoms with van der Waals surface area (Å²) in [6.07, 6.45) is 2.06. The Morgan fingerprint density at radius 1 is 1.15 bits per heavy atom. The van der Waals surface area contributed by atoms with Gasteiger partial charge in [-0.2, -0.15) is 5.10 Å². The van der Waals surface area contributed by atoms with E-state index in [1.54, 1.807) is 16.8 Å². The molecule has 4 rings (SSSR count). The molecular weight excluding hydrogens is 435 g/mol. The third-order valence-electron chi connectivity index (χ3n) is 6.10. The molecule has 2 aromatic heterocycles. The number of anilines is 1. The van der Waals surface area contributed by atoms with E-state index in [0.29, 0.717) is 17.3 Å². The third kappa shape index (κ3) is 4.92. The van der Waals surface area contributed by atoms with E-state index in [0.717, 1.165) is 49.3 Å². The number of hydrogen-bond acceptors (Lipinski definition) is 6. The molecule has 0 bridgehead atoms. The highest BCUT2D eigenvalue weighted by Crippen LogP contribution is 2.36. The summed E-state index contributed by atoms with van der Waals surface area (Å²) in [5, 5.41) is 5.77. The number of carbonyl (C=O) groups excluding carboxylic acids is 1. The molecule has 0 amide bonds. The van der Waals surface area contributed by atoms with Crippen LogP contribution in [-0.2, 0) is 9.47 Å². The van der Waals surface area contributed by atoms with Gasteiger partial charge in [0.1, 0.15) is 5.82 Å². The van der Waals surface area contributed by atoms with Crippen LogP contribution in [0.2, 0.25) is 0 Å². The maximum atomic E-state index is 13.6. The van der Waals surface area contributed by atoms with Crippen molar-refractivity contribution < 1.29 is 18.7 Å². The van der Waals surface area contributed by atoms with Crippen molar-refractivity contribution in [3.8, 4) is 5.69 Å². The van der Waals surface area contributed by atoms with Crippen molar-refractivity contribution in [1.82, 2.24) is 14.8 Å². The molecular formula is C26H33FN4O3. The summed E-state index contributed by atoms with van der Waals surface area (Å²) in [6, 6.07) is 7.92. The van der Waals surface area contributed by atoms with Gasteiger partial charge in [0.25, 0.3) is 0 Å². The van der Waals surface area contributed by atoms with Crippen molar-refractivity contribution >= 4 is 22.7 Å². The highest BCUT2D eigenvalue weighted by atomic mass is 19.1. The van der Waals surface area contributed by atoms with Gasteiger partial charge in [-0.25, -0.2) is 18.9 Å². The van der Waals surface area contributed by atoms with Crippen LogP contribution in [0.4, 0.5) is 10.1 Å².